The number of nitrogens with zero attached hydrogens (tertiary/aromatic N) is 2. The molecule has 2 heterocycles. The van der Waals surface area contributed by atoms with E-state index in [-0.39, 0.29) is 0 Å². The van der Waals surface area contributed by atoms with E-state index in [1.165, 1.54) is 0 Å². The van der Waals surface area contributed by atoms with Crippen molar-refractivity contribution in [2.45, 2.75) is 18.9 Å². The number of rotatable bonds is 3. The number of nitrogens with one attached hydrogen (secondary N) is 1. The summed E-state index contributed by atoms with van der Waals surface area (Å²) in [6.07, 6.45) is 2.59. The fraction of sp³-hybridized carbons (Fsp3) is 0.556. The molecule has 0 aliphatic carbocycles. The third kappa shape index (κ3) is 2.32. The molecular formula is C9H14N4O. The third-order valence-electron chi connectivity index (χ3n) is 2.22. The molecule has 1 fully saturated rings. The molecule has 1 aromatic rings. The lowest BCUT2D eigenvalue weighted by molar-refractivity contribution is 0.120. The highest BCUT2D eigenvalue weighted by Crippen LogP contribution is 2.12. The number of ether oxygens (including phenoxy) is 1. The third-order valence-corrected chi connectivity index (χ3v) is 2.22. The van der Waals surface area contributed by atoms with Gasteiger partial charge in [0.05, 0.1) is 6.10 Å². The Morgan fingerprint density at radius 2 is 2.43 bits per heavy atom. The molecule has 5 nitrogen and oxygen atoms in total. The van der Waals surface area contributed by atoms with Crippen LogP contribution in [0.15, 0.2) is 12.1 Å². The van der Waals surface area contributed by atoms with E-state index in [9.17, 15) is 0 Å². The number of hydrogen-bond acceptors (Lipinski definition) is 5. The molecule has 0 aromatic carbocycles. The van der Waals surface area contributed by atoms with Crippen molar-refractivity contribution in [1.82, 2.24) is 10.2 Å². The average molecular weight is 194 g/mol. The molecule has 1 atom stereocenters. The number of hydrogen-bond donors (Lipinski definition) is 2. The summed E-state index contributed by atoms with van der Waals surface area (Å²) in [5.74, 6) is 1.18. The van der Waals surface area contributed by atoms with Crippen LogP contribution in [-0.2, 0) is 4.74 Å². The first-order valence-electron chi connectivity index (χ1n) is 4.79. The van der Waals surface area contributed by atoms with Crippen molar-refractivity contribution in [1.29, 1.82) is 0 Å². The second kappa shape index (κ2) is 4.23. The Balaban J connectivity index is 1.82. The van der Waals surface area contributed by atoms with E-state index >= 15 is 0 Å². The van der Waals surface area contributed by atoms with Crippen LogP contribution in [0.3, 0.4) is 0 Å². The maximum Gasteiger partial charge on any atom is 0.148 e. The van der Waals surface area contributed by atoms with Gasteiger partial charge >= 0.3 is 0 Å². The number of aromatic nitrogens is 2. The summed E-state index contributed by atoms with van der Waals surface area (Å²) in [4.78, 5) is 0. The summed E-state index contributed by atoms with van der Waals surface area (Å²) in [5, 5.41) is 10.8. The minimum absolute atomic E-state index is 0.314. The van der Waals surface area contributed by atoms with Gasteiger partial charge in [-0.05, 0) is 25.0 Å². The number of anilines is 2. The van der Waals surface area contributed by atoms with E-state index in [2.05, 4.69) is 15.5 Å². The average Bonchev–Trinajstić information content (AvgIpc) is 2.70. The second-order valence-electron chi connectivity index (χ2n) is 3.36. The predicted molar refractivity (Wildman–Crippen MR) is 53.9 cm³/mol. The van der Waals surface area contributed by atoms with Gasteiger partial charge in [-0.1, -0.05) is 0 Å². The minimum atomic E-state index is 0.314. The summed E-state index contributed by atoms with van der Waals surface area (Å²) < 4.78 is 5.46. The zero-order valence-electron chi connectivity index (χ0n) is 7.94. The molecule has 1 aliphatic heterocycles. The van der Waals surface area contributed by atoms with Crippen molar-refractivity contribution in [2.24, 2.45) is 0 Å². The van der Waals surface area contributed by atoms with Crippen LogP contribution in [0.2, 0.25) is 0 Å². The fourth-order valence-electron chi connectivity index (χ4n) is 1.46. The molecule has 0 spiro atoms. The lowest BCUT2D eigenvalue weighted by atomic mass is 10.2. The Morgan fingerprint density at radius 1 is 1.50 bits per heavy atom. The van der Waals surface area contributed by atoms with Crippen LogP contribution in [-0.4, -0.2) is 29.5 Å². The van der Waals surface area contributed by atoms with Crippen LogP contribution in [0.25, 0.3) is 0 Å². The molecule has 76 valence electrons. The van der Waals surface area contributed by atoms with Gasteiger partial charge in [0.2, 0.25) is 0 Å². The van der Waals surface area contributed by atoms with Crippen LogP contribution in [0.5, 0.6) is 0 Å². The molecule has 14 heavy (non-hydrogen) atoms. The van der Waals surface area contributed by atoms with Crippen molar-refractivity contribution in [3.05, 3.63) is 12.1 Å². The van der Waals surface area contributed by atoms with Crippen LogP contribution in [0.4, 0.5) is 11.6 Å². The van der Waals surface area contributed by atoms with Gasteiger partial charge in [0.1, 0.15) is 11.6 Å². The van der Waals surface area contributed by atoms with E-state index in [4.69, 9.17) is 10.5 Å². The van der Waals surface area contributed by atoms with Crippen molar-refractivity contribution < 1.29 is 4.74 Å². The topological polar surface area (TPSA) is 73.1 Å². The Morgan fingerprint density at radius 3 is 3.07 bits per heavy atom. The van der Waals surface area contributed by atoms with E-state index in [1.54, 1.807) is 6.07 Å². The van der Waals surface area contributed by atoms with Crippen molar-refractivity contribution in [3.63, 3.8) is 0 Å². The van der Waals surface area contributed by atoms with E-state index in [0.717, 1.165) is 31.8 Å². The Bertz CT molecular complexity index is 281. The van der Waals surface area contributed by atoms with Crippen LogP contribution >= 0.6 is 0 Å². The zero-order valence-corrected chi connectivity index (χ0v) is 7.94. The molecule has 0 bridgehead atoms. The molecule has 1 unspecified atom stereocenters. The molecule has 1 aliphatic rings. The molecule has 2 rings (SSSR count). The van der Waals surface area contributed by atoms with Gasteiger partial charge in [-0.25, -0.2) is 0 Å². The first kappa shape index (κ1) is 9.21. The smallest absolute Gasteiger partial charge is 0.148 e. The molecule has 5 heteroatoms. The minimum Gasteiger partial charge on any atom is -0.382 e. The molecule has 0 radical (unpaired) electrons. The van der Waals surface area contributed by atoms with Crippen molar-refractivity contribution in [2.75, 3.05) is 24.2 Å². The Labute approximate surface area is 82.7 Å². The molecular weight excluding hydrogens is 180 g/mol. The Kier molecular flexibility index (Phi) is 2.78. The molecule has 0 amide bonds. The first-order chi connectivity index (χ1) is 6.84. The lowest BCUT2D eigenvalue weighted by Crippen LogP contribution is -2.19. The van der Waals surface area contributed by atoms with Crippen LogP contribution in [0.1, 0.15) is 12.8 Å². The maximum atomic E-state index is 5.46. The predicted octanol–water partition coefficient (Wildman–Crippen LogP) is 0.650. The Hall–Kier alpha value is -1.36. The largest absolute Gasteiger partial charge is 0.382 e. The monoisotopic (exact) mass is 194 g/mol. The van der Waals surface area contributed by atoms with Crippen molar-refractivity contribution in [3.8, 4) is 0 Å². The summed E-state index contributed by atoms with van der Waals surface area (Å²) in [6, 6.07) is 3.54. The van der Waals surface area contributed by atoms with Gasteiger partial charge < -0.3 is 15.8 Å². The number of nitrogens with two attached hydrogens (primary N) is 1. The lowest BCUT2D eigenvalue weighted by Gasteiger charge is -2.10. The van der Waals surface area contributed by atoms with Gasteiger partial charge in [0.25, 0.3) is 0 Å². The first-order valence-corrected chi connectivity index (χ1v) is 4.79. The maximum absolute atomic E-state index is 5.46. The molecule has 3 N–H and O–H groups in total. The summed E-state index contributed by atoms with van der Waals surface area (Å²) in [7, 11) is 0. The highest BCUT2D eigenvalue weighted by molar-refractivity contribution is 5.38. The van der Waals surface area contributed by atoms with Gasteiger partial charge in [0, 0.05) is 13.2 Å². The standard InChI is InChI=1S/C9H14N4O/c10-8-3-4-9(13-12-8)11-6-7-2-1-5-14-7/h3-4,7H,1-2,5-6H2,(H2,10,12)(H,11,13). The SMILES string of the molecule is Nc1ccc(NCC2CCCO2)nn1. The molecule has 0 saturated carbocycles. The highest BCUT2D eigenvalue weighted by atomic mass is 16.5. The van der Waals surface area contributed by atoms with E-state index in [0.29, 0.717) is 11.9 Å². The second-order valence-corrected chi connectivity index (χ2v) is 3.36. The number of nitrogen functional groups attached to an aromatic ring is 1. The highest BCUT2D eigenvalue weighted by Gasteiger charge is 2.14. The summed E-state index contributed by atoms with van der Waals surface area (Å²) >= 11 is 0. The molecule has 1 aromatic heterocycles. The van der Waals surface area contributed by atoms with E-state index < -0.39 is 0 Å². The van der Waals surface area contributed by atoms with Crippen LogP contribution < -0.4 is 11.1 Å². The fourth-order valence-corrected chi connectivity index (χ4v) is 1.46. The van der Waals surface area contributed by atoms with Crippen molar-refractivity contribution >= 4 is 11.6 Å². The zero-order chi connectivity index (χ0) is 9.80. The summed E-state index contributed by atoms with van der Waals surface area (Å²) in [5.41, 5.74) is 5.42. The van der Waals surface area contributed by atoms with Gasteiger partial charge in [0.15, 0.2) is 0 Å². The van der Waals surface area contributed by atoms with E-state index in [1.807, 2.05) is 6.07 Å². The normalized spacial score (nSPS) is 21.0. The molecule has 1 saturated heterocycles. The van der Waals surface area contributed by atoms with Gasteiger partial charge in [-0.15, -0.1) is 10.2 Å². The van der Waals surface area contributed by atoms with Gasteiger partial charge in [-0.2, -0.15) is 0 Å². The summed E-state index contributed by atoms with van der Waals surface area (Å²) in [6.45, 7) is 1.67. The van der Waals surface area contributed by atoms with Gasteiger partial charge in [-0.3, -0.25) is 0 Å². The quantitative estimate of drug-likeness (QED) is 0.739. The van der Waals surface area contributed by atoms with Crippen LogP contribution in [0, 0.1) is 0 Å².